The van der Waals surface area contributed by atoms with Gasteiger partial charge in [0, 0.05) is 6.54 Å². The molecule has 2 rings (SSSR count). The molecule has 0 radical (unpaired) electrons. The molecule has 1 fully saturated rings. The fourth-order valence-electron chi connectivity index (χ4n) is 2.25. The lowest BCUT2D eigenvalue weighted by atomic mass is 10.2. The lowest BCUT2D eigenvalue weighted by Gasteiger charge is -2.23. The lowest BCUT2D eigenvalue weighted by molar-refractivity contribution is -0.144. The Labute approximate surface area is 127 Å². The van der Waals surface area contributed by atoms with Gasteiger partial charge in [0.25, 0.3) is 0 Å². The molecule has 110 valence electrons. The molecule has 1 aliphatic heterocycles. The summed E-state index contributed by atoms with van der Waals surface area (Å²) in [5.74, 6) is -0.575. The third-order valence-electron chi connectivity index (χ3n) is 3.16. The topological polar surface area (TPSA) is 63.7 Å². The van der Waals surface area contributed by atoms with Crippen molar-refractivity contribution in [3.05, 3.63) is 28.2 Å². The molecule has 5 nitrogen and oxygen atoms in total. The molecule has 1 aromatic carbocycles. The summed E-state index contributed by atoms with van der Waals surface area (Å²) in [6.07, 6.45) is 1.01. The molecule has 1 saturated heterocycles. The summed E-state index contributed by atoms with van der Waals surface area (Å²) in [7, 11) is -2.71. The molecule has 0 N–H and O–H groups in total. The van der Waals surface area contributed by atoms with E-state index in [0.717, 1.165) is 4.31 Å². The van der Waals surface area contributed by atoms with Gasteiger partial charge in [-0.15, -0.1) is 0 Å². The average molecular weight is 338 g/mol. The van der Waals surface area contributed by atoms with Crippen LogP contribution in [0.3, 0.4) is 0 Å². The van der Waals surface area contributed by atoms with Crippen LogP contribution in [0.25, 0.3) is 0 Å². The van der Waals surface area contributed by atoms with Gasteiger partial charge in [0.2, 0.25) is 10.0 Å². The summed E-state index contributed by atoms with van der Waals surface area (Å²) in [6.45, 7) is 0.240. The van der Waals surface area contributed by atoms with Crippen molar-refractivity contribution in [2.24, 2.45) is 0 Å². The first kappa shape index (κ1) is 15.6. The van der Waals surface area contributed by atoms with Crippen molar-refractivity contribution in [2.75, 3.05) is 13.7 Å². The molecule has 1 atom stereocenters. The molecule has 1 unspecified atom stereocenters. The lowest BCUT2D eigenvalue weighted by Crippen LogP contribution is -2.41. The average Bonchev–Trinajstić information content (AvgIpc) is 2.87. The molecule has 0 spiro atoms. The first-order valence-corrected chi connectivity index (χ1v) is 8.13. The number of sulfonamides is 1. The van der Waals surface area contributed by atoms with E-state index >= 15 is 0 Å². The van der Waals surface area contributed by atoms with E-state index in [0.29, 0.717) is 12.8 Å². The van der Waals surface area contributed by atoms with Crippen molar-refractivity contribution in [1.29, 1.82) is 0 Å². The van der Waals surface area contributed by atoms with Gasteiger partial charge in [0.05, 0.1) is 17.2 Å². The van der Waals surface area contributed by atoms with E-state index in [1.54, 1.807) is 6.07 Å². The Morgan fingerprint density at radius 2 is 1.95 bits per heavy atom. The zero-order chi connectivity index (χ0) is 14.9. The van der Waals surface area contributed by atoms with Crippen LogP contribution in [-0.2, 0) is 19.6 Å². The van der Waals surface area contributed by atoms with Gasteiger partial charge in [-0.1, -0.05) is 29.3 Å². The van der Waals surface area contributed by atoms with Crippen LogP contribution in [-0.4, -0.2) is 38.4 Å². The fraction of sp³-hybridized carbons (Fsp3) is 0.417. The van der Waals surface area contributed by atoms with E-state index in [1.165, 1.54) is 19.2 Å². The Morgan fingerprint density at radius 3 is 2.50 bits per heavy atom. The number of esters is 1. The number of hydrogen-bond acceptors (Lipinski definition) is 4. The van der Waals surface area contributed by atoms with Gasteiger partial charge in [-0.2, -0.15) is 4.31 Å². The highest BCUT2D eigenvalue weighted by molar-refractivity contribution is 7.89. The highest BCUT2D eigenvalue weighted by atomic mass is 35.5. The summed E-state index contributed by atoms with van der Waals surface area (Å²) in [6, 6.07) is 3.63. The molecule has 1 heterocycles. The molecule has 0 aromatic heterocycles. The van der Waals surface area contributed by atoms with Gasteiger partial charge in [-0.05, 0) is 25.0 Å². The number of rotatable bonds is 3. The highest BCUT2D eigenvalue weighted by Gasteiger charge is 2.41. The minimum atomic E-state index is -3.94. The Kier molecular flexibility index (Phi) is 4.59. The Balaban J connectivity index is 2.47. The predicted octanol–water partition coefficient (Wildman–Crippen LogP) is 2.32. The molecule has 20 heavy (non-hydrogen) atoms. The number of nitrogens with zero attached hydrogens (tertiary/aromatic N) is 1. The minimum Gasteiger partial charge on any atom is -0.468 e. The number of ether oxygens (including phenoxy) is 1. The second kappa shape index (κ2) is 5.89. The van der Waals surface area contributed by atoms with Gasteiger partial charge >= 0.3 is 5.97 Å². The predicted molar refractivity (Wildman–Crippen MR) is 75.4 cm³/mol. The number of hydrogen-bond donors (Lipinski definition) is 0. The SMILES string of the molecule is COC(=O)C1CCCN1S(=O)(=O)c1c(Cl)cccc1Cl. The van der Waals surface area contributed by atoms with Crippen molar-refractivity contribution >= 4 is 39.2 Å². The van der Waals surface area contributed by atoms with Gasteiger partial charge in [-0.25, -0.2) is 8.42 Å². The summed E-state index contributed by atoms with van der Waals surface area (Å²) < 4.78 is 31.1. The summed E-state index contributed by atoms with van der Waals surface area (Å²) in [4.78, 5) is 11.5. The Bertz CT molecular complexity index is 612. The maximum atomic E-state index is 12.7. The maximum absolute atomic E-state index is 12.7. The van der Waals surface area contributed by atoms with Gasteiger partial charge in [-0.3, -0.25) is 4.79 Å². The van der Waals surface area contributed by atoms with Crippen LogP contribution in [0, 0.1) is 0 Å². The van der Waals surface area contributed by atoms with Crippen molar-refractivity contribution in [3.63, 3.8) is 0 Å². The molecule has 0 saturated carbocycles. The number of benzene rings is 1. The summed E-state index contributed by atoms with van der Waals surface area (Å²) >= 11 is 11.9. The normalized spacial score (nSPS) is 20.1. The zero-order valence-corrected chi connectivity index (χ0v) is 13.0. The van der Waals surface area contributed by atoms with Crippen molar-refractivity contribution < 1.29 is 17.9 Å². The van der Waals surface area contributed by atoms with E-state index < -0.39 is 22.0 Å². The van der Waals surface area contributed by atoms with Crippen LogP contribution in [0.2, 0.25) is 10.0 Å². The quantitative estimate of drug-likeness (QED) is 0.794. The van der Waals surface area contributed by atoms with E-state index in [9.17, 15) is 13.2 Å². The fourth-order valence-corrected chi connectivity index (χ4v) is 4.99. The molecule has 1 aliphatic rings. The molecule has 0 amide bonds. The van der Waals surface area contributed by atoms with E-state index in [-0.39, 0.29) is 21.5 Å². The Hall–Kier alpha value is -0.820. The van der Waals surface area contributed by atoms with Crippen LogP contribution in [0.5, 0.6) is 0 Å². The monoisotopic (exact) mass is 337 g/mol. The first-order valence-electron chi connectivity index (χ1n) is 5.93. The maximum Gasteiger partial charge on any atom is 0.324 e. The summed E-state index contributed by atoms with van der Waals surface area (Å²) in [5, 5.41) is 0.0704. The second-order valence-corrected chi connectivity index (χ2v) is 6.99. The standard InChI is InChI=1S/C12H13Cl2NO4S/c1-19-12(16)10-6-3-7-15(10)20(17,18)11-8(13)4-2-5-9(11)14/h2,4-5,10H,3,6-7H2,1H3. The van der Waals surface area contributed by atoms with Crippen LogP contribution in [0.15, 0.2) is 23.1 Å². The number of methoxy groups -OCH3 is 1. The third kappa shape index (κ3) is 2.65. The van der Waals surface area contributed by atoms with Crippen molar-refractivity contribution in [2.45, 2.75) is 23.8 Å². The van der Waals surface area contributed by atoms with Crippen LogP contribution in [0.1, 0.15) is 12.8 Å². The molecule has 0 aliphatic carbocycles. The van der Waals surface area contributed by atoms with E-state index in [4.69, 9.17) is 23.2 Å². The van der Waals surface area contributed by atoms with Gasteiger partial charge < -0.3 is 4.74 Å². The second-order valence-electron chi connectivity index (χ2n) is 4.35. The minimum absolute atomic E-state index is 0.0352. The van der Waals surface area contributed by atoms with E-state index in [2.05, 4.69) is 4.74 Å². The summed E-state index contributed by atoms with van der Waals surface area (Å²) in [5.41, 5.74) is 0. The van der Waals surface area contributed by atoms with Crippen LogP contribution in [0.4, 0.5) is 0 Å². The van der Waals surface area contributed by atoms with Gasteiger partial charge in [0.15, 0.2) is 0 Å². The number of carbonyl (C=O) groups is 1. The molecule has 1 aromatic rings. The number of halogens is 2. The highest BCUT2D eigenvalue weighted by Crippen LogP contribution is 2.34. The molecular formula is C12H13Cl2NO4S. The Morgan fingerprint density at radius 1 is 1.35 bits per heavy atom. The molecular weight excluding hydrogens is 325 g/mol. The number of carbonyl (C=O) groups excluding carboxylic acids is 1. The van der Waals surface area contributed by atoms with Crippen molar-refractivity contribution in [3.8, 4) is 0 Å². The largest absolute Gasteiger partial charge is 0.468 e. The first-order chi connectivity index (χ1) is 9.39. The smallest absolute Gasteiger partial charge is 0.324 e. The van der Waals surface area contributed by atoms with E-state index in [1.807, 2.05) is 0 Å². The van der Waals surface area contributed by atoms with Gasteiger partial charge in [0.1, 0.15) is 10.9 Å². The van der Waals surface area contributed by atoms with Crippen LogP contribution < -0.4 is 0 Å². The molecule has 8 heteroatoms. The zero-order valence-electron chi connectivity index (χ0n) is 10.7. The third-order valence-corrected chi connectivity index (χ3v) is 6.03. The molecule has 0 bridgehead atoms. The van der Waals surface area contributed by atoms with Crippen LogP contribution >= 0.6 is 23.2 Å². The van der Waals surface area contributed by atoms with Crippen molar-refractivity contribution in [1.82, 2.24) is 4.31 Å².